The smallest absolute Gasteiger partial charge is 0.292 e. The van der Waals surface area contributed by atoms with Gasteiger partial charge in [0.1, 0.15) is 5.76 Å². The van der Waals surface area contributed by atoms with Crippen LogP contribution in [0.1, 0.15) is 50.5 Å². The second kappa shape index (κ2) is 6.57. The van der Waals surface area contributed by atoms with Crippen LogP contribution in [0.5, 0.6) is 0 Å². The predicted molar refractivity (Wildman–Crippen MR) is 81.4 cm³/mol. The molecule has 0 radical (unpaired) electrons. The number of nitrogens with zero attached hydrogens (tertiary/aromatic N) is 1. The minimum atomic E-state index is 0.0934. The maximum absolute atomic E-state index is 5.53. The lowest BCUT2D eigenvalue weighted by atomic mass is 9.91. The van der Waals surface area contributed by atoms with E-state index in [4.69, 9.17) is 10.2 Å². The van der Waals surface area contributed by atoms with Crippen LogP contribution >= 0.6 is 0 Å². The predicted octanol–water partition coefficient (Wildman–Crippen LogP) is 3.49. The average Bonchev–Trinajstić information content (AvgIpc) is 2.91. The molecule has 2 aromatic rings. The van der Waals surface area contributed by atoms with E-state index in [1.165, 1.54) is 5.56 Å². The zero-order valence-corrected chi connectivity index (χ0v) is 12.3. The van der Waals surface area contributed by atoms with Gasteiger partial charge >= 0.3 is 0 Å². The first-order valence-corrected chi connectivity index (χ1v) is 7.14. The maximum Gasteiger partial charge on any atom is 0.292 e. The molecule has 0 fully saturated rings. The molecule has 3 atom stereocenters. The molecule has 1 aromatic carbocycles. The van der Waals surface area contributed by atoms with Gasteiger partial charge in [0, 0.05) is 6.04 Å². The van der Waals surface area contributed by atoms with Gasteiger partial charge in [-0.25, -0.2) is 4.98 Å². The Labute approximate surface area is 120 Å². The van der Waals surface area contributed by atoms with Gasteiger partial charge in [-0.3, -0.25) is 0 Å². The fraction of sp³-hybridized carbons (Fsp3) is 0.438. The number of rotatable bonds is 6. The van der Waals surface area contributed by atoms with E-state index in [1.54, 1.807) is 6.20 Å². The number of nitrogens with two attached hydrogens (primary N) is 1. The molecule has 4 nitrogen and oxygen atoms in total. The Kier molecular flexibility index (Phi) is 4.79. The highest BCUT2D eigenvalue weighted by atomic mass is 16.4. The van der Waals surface area contributed by atoms with Crippen LogP contribution in [0.4, 0.5) is 6.01 Å². The molecule has 4 heteroatoms. The molecule has 1 heterocycles. The van der Waals surface area contributed by atoms with Gasteiger partial charge in [-0.2, -0.15) is 0 Å². The molecule has 0 aliphatic heterocycles. The lowest BCUT2D eigenvalue weighted by Gasteiger charge is -2.27. The van der Waals surface area contributed by atoms with Crippen LogP contribution < -0.4 is 11.1 Å². The van der Waals surface area contributed by atoms with Gasteiger partial charge in [-0.05, 0) is 24.8 Å². The number of hydrogen-bond acceptors (Lipinski definition) is 4. The third-order valence-electron chi connectivity index (χ3n) is 3.80. The van der Waals surface area contributed by atoms with E-state index in [2.05, 4.69) is 55.3 Å². The molecule has 0 spiro atoms. The zero-order valence-electron chi connectivity index (χ0n) is 12.3. The van der Waals surface area contributed by atoms with Crippen molar-refractivity contribution in [1.82, 2.24) is 10.3 Å². The summed E-state index contributed by atoms with van der Waals surface area (Å²) in [4.78, 5) is 3.94. The van der Waals surface area contributed by atoms with Gasteiger partial charge < -0.3 is 15.5 Å². The Morgan fingerprint density at radius 2 is 1.95 bits per heavy atom. The Balaban J connectivity index is 2.05. The SMILES string of the molecule is CCC(NC(C)c1cnc(N)o1)C(C)c1ccccc1. The minimum absolute atomic E-state index is 0.0934. The summed E-state index contributed by atoms with van der Waals surface area (Å²) in [5.74, 6) is 1.21. The number of anilines is 1. The fourth-order valence-corrected chi connectivity index (χ4v) is 2.51. The van der Waals surface area contributed by atoms with Crippen molar-refractivity contribution in [2.75, 3.05) is 5.73 Å². The minimum Gasteiger partial charge on any atom is -0.427 e. The van der Waals surface area contributed by atoms with Gasteiger partial charge in [0.2, 0.25) is 0 Å². The molecule has 0 amide bonds. The molecule has 20 heavy (non-hydrogen) atoms. The molecule has 0 saturated carbocycles. The first kappa shape index (κ1) is 14.6. The van der Waals surface area contributed by atoms with Crippen molar-refractivity contribution >= 4 is 6.01 Å². The third-order valence-corrected chi connectivity index (χ3v) is 3.80. The second-order valence-corrected chi connectivity index (χ2v) is 5.20. The van der Waals surface area contributed by atoms with Crippen molar-refractivity contribution < 1.29 is 4.42 Å². The number of nitrogen functional groups attached to an aromatic ring is 1. The highest BCUT2D eigenvalue weighted by molar-refractivity contribution is 5.21. The maximum atomic E-state index is 5.53. The van der Waals surface area contributed by atoms with E-state index in [0.717, 1.165) is 12.2 Å². The average molecular weight is 273 g/mol. The lowest BCUT2D eigenvalue weighted by molar-refractivity contribution is 0.358. The topological polar surface area (TPSA) is 64.1 Å². The first-order chi connectivity index (χ1) is 9.61. The number of nitrogens with one attached hydrogen (secondary N) is 1. The van der Waals surface area contributed by atoms with Crippen LogP contribution in [0, 0.1) is 0 Å². The summed E-state index contributed by atoms with van der Waals surface area (Å²) in [5, 5.41) is 3.61. The van der Waals surface area contributed by atoms with E-state index >= 15 is 0 Å². The molecular weight excluding hydrogens is 250 g/mol. The van der Waals surface area contributed by atoms with Crippen LogP contribution in [0.2, 0.25) is 0 Å². The molecule has 3 N–H and O–H groups in total. The monoisotopic (exact) mass is 273 g/mol. The van der Waals surface area contributed by atoms with Crippen molar-refractivity contribution in [3.63, 3.8) is 0 Å². The summed E-state index contributed by atoms with van der Waals surface area (Å²) in [7, 11) is 0. The molecule has 108 valence electrons. The largest absolute Gasteiger partial charge is 0.427 e. The van der Waals surface area contributed by atoms with E-state index in [-0.39, 0.29) is 12.1 Å². The molecule has 1 aromatic heterocycles. The van der Waals surface area contributed by atoms with Crippen LogP contribution in [0.25, 0.3) is 0 Å². The Morgan fingerprint density at radius 3 is 2.50 bits per heavy atom. The van der Waals surface area contributed by atoms with Crippen LogP contribution in [-0.4, -0.2) is 11.0 Å². The summed E-state index contributed by atoms with van der Waals surface area (Å²) in [5.41, 5.74) is 6.87. The van der Waals surface area contributed by atoms with Crippen molar-refractivity contribution in [2.45, 2.75) is 45.2 Å². The van der Waals surface area contributed by atoms with Crippen molar-refractivity contribution in [3.8, 4) is 0 Å². The lowest BCUT2D eigenvalue weighted by Crippen LogP contribution is -2.35. The van der Waals surface area contributed by atoms with Crippen LogP contribution in [0.15, 0.2) is 40.9 Å². The van der Waals surface area contributed by atoms with Crippen LogP contribution in [0.3, 0.4) is 0 Å². The molecular formula is C16H23N3O. The van der Waals surface area contributed by atoms with Gasteiger partial charge in [0.25, 0.3) is 6.01 Å². The second-order valence-electron chi connectivity index (χ2n) is 5.20. The van der Waals surface area contributed by atoms with E-state index < -0.39 is 0 Å². The quantitative estimate of drug-likeness (QED) is 0.845. The number of oxazole rings is 1. The first-order valence-electron chi connectivity index (χ1n) is 7.14. The molecule has 3 unspecified atom stereocenters. The van der Waals surface area contributed by atoms with E-state index in [9.17, 15) is 0 Å². The number of benzene rings is 1. The molecule has 0 aliphatic carbocycles. The summed E-state index contributed by atoms with van der Waals surface area (Å²) < 4.78 is 5.38. The molecule has 0 bridgehead atoms. The third kappa shape index (κ3) is 3.39. The Bertz CT molecular complexity index is 524. The van der Waals surface area contributed by atoms with Crippen LogP contribution in [-0.2, 0) is 0 Å². The normalized spacial score (nSPS) is 15.8. The van der Waals surface area contributed by atoms with E-state index in [0.29, 0.717) is 12.0 Å². The molecule has 2 rings (SSSR count). The Morgan fingerprint density at radius 1 is 1.25 bits per heavy atom. The van der Waals surface area contributed by atoms with Gasteiger partial charge in [-0.1, -0.05) is 44.2 Å². The fourth-order valence-electron chi connectivity index (χ4n) is 2.51. The zero-order chi connectivity index (χ0) is 14.5. The number of aromatic nitrogens is 1. The van der Waals surface area contributed by atoms with Crippen molar-refractivity contribution in [2.24, 2.45) is 0 Å². The van der Waals surface area contributed by atoms with Gasteiger partial charge in [0.05, 0.1) is 12.2 Å². The van der Waals surface area contributed by atoms with Crippen molar-refractivity contribution in [3.05, 3.63) is 47.9 Å². The van der Waals surface area contributed by atoms with E-state index in [1.807, 2.05) is 6.07 Å². The highest BCUT2D eigenvalue weighted by Crippen LogP contribution is 2.24. The highest BCUT2D eigenvalue weighted by Gasteiger charge is 2.21. The summed E-state index contributed by atoms with van der Waals surface area (Å²) in [6, 6.07) is 11.2. The van der Waals surface area contributed by atoms with Gasteiger partial charge in [0.15, 0.2) is 0 Å². The molecule has 0 saturated heterocycles. The summed E-state index contributed by atoms with van der Waals surface area (Å²) in [6.45, 7) is 6.51. The number of hydrogen-bond donors (Lipinski definition) is 2. The summed E-state index contributed by atoms with van der Waals surface area (Å²) >= 11 is 0. The standard InChI is InChI=1S/C16H23N3O/c1-4-14(11(2)13-8-6-5-7-9-13)19-12(3)15-10-18-16(17)20-15/h5-12,14,19H,4H2,1-3H3,(H2,17,18). The molecule has 0 aliphatic rings. The van der Waals surface area contributed by atoms with Crippen molar-refractivity contribution in [1.29, 1.82) is 0 Å². The van der Waals surface area contributed by atoms with Gasteiger partial charge in [-0.15, -0.1) is 0 Å². The summed E-state index contributed by atoms with van der Waals surface area (Å²) in [6.07, 6.45) is 2.73. The Hall–Kier alpha value is -1.81.